The summed E-state index contributed by atoms with van der Waals surface area (Å²) in [5.41, 5.74) is 5.03. The normalized spacial score (nSPS) is 17.3. The van der Waals surface area contributed by atoms with Crippen LogP contribution in [0.2, 0.25) is 0 Å². The molecule has 1 unspecified atom stereocenters. The molecule has 3 heteroatoms. The van der Waals surface area contributed by atoms with Gasteiger partial charge in [-0.05, 0) is 55.6 Å². The second-order valence-electron chi connectivity index (χ2n) is 6.98. The van der Waals surface area contributed by atoms with Gasteiger partial charge in [0, 0.05) is 9.75 Å². The summed E-state index contributed by atoms with van der Waals surface area (Å²) in [7, 11) is 0. The van der Waals surface area contributed by atoms with Crippen molar-refractivity contribution in [2.75, 3.05) is 0 Å². The third-order valence-corrected chi connectivity index (χ3v) is 5.33. The number of hydrogen-bond donors (Lipinski definition) is 2. The van der Waals surface area contributed by atoms with Crippen molar-refractivity contribution in [1.82, 2.24) is 5.43 Å². The standard InChI is InChI=1S/C16H28N2S/c1-16(2,3)10-6-8-13(18-17)15-11-12-7-4-5-9-14(12)19-15/h11,13,18H,4-10,17H2,1-3H3. The van der Waals surface area contributed by atoms with Gasteiger partial charge in [0.25, 0.3) is 0 Å². The lowest BCUT2D eigenvalue weighted by Crippen LogP contribution is -2.27. The summed E-state index contributed by atoms with van der Waals surface area (Å²) in [6.45, 7) is 6.92. The molecule has 1 aromatic rings. The van der Waals surface area contributed by atoms with Crippen LogP contribution in [0.5, 0.6) is 0 Å². The minimum absolute atomic E-state index is 0.345. The number of nitrogens with two attached hydrogens (primary N) is 1. The minimum Gasteiger partial charge on any atom is -0.271 e. The molecule has 1 aliphatic carbocycles. The Balaban J connectivity index is 1.95. The zero-order valence-corrected chi connectivity index (χ0v) is 13.4. The molecule has 1 atom stereocenters. The van der Waals surface area contributed by atoms with E-state index in [0.717, 1.165) is 6.42 Å². The fraction of sp³-hybridized carbons (Fsp3) is 0.750. The highest BCUT2D eigenvalue weighted by atomic mass is 32.1. The molecule has 108 valence electrons. The molecule has 0 spiro atoms. The van der Waals surface area contributed by atoms with Gasteiger partial charge in [0.05, 0.1) is 6.04 Å². The van der Waals surface area contributed by atoms with Crippen LogP contribution in [-0.2, 0) is 12.8 Å². The van der Waals surface area contributed by atoms with E-state index in [-0.39, 0.29) is 0 Å². The maximum Gasteiger partial charge on any atom is 0.0553 e. The van der Waals surface area contributed by atoms with Gasteiger partial charge in [-0.2, -0.15) is 0 Å². The van der Waals surface area contributed by atoms with Crippen molar-refractivity contribution in [2.24, 2.45) is 11.3 Å². The molecule has 1 aliphatic rings. The van der Waals surface area contributed by atoms with Crippen LogP contribution in [0.1, 0.15) is 74.2 Å². The smallest absolute Gasteiger partial charge is 0.0553 e. The lowest BCUT2D eigenvalue weighted by Gasteiger charge is -2.20. The van der Waals surface area contributed by atoms with E-state index < -0.39 is 0 Å². The summed E-state index contributed by atoms with van der Waals surface area (Å²) in [4.78, 5) is 3.06. The minimum atomic E-state index is 0.345. The Morgan fingerprint density at radius 1 is 1.32 bits per heavy atom. The van der Waals surface area contributed by atoms with Crippen LogP contribution in [0, 0.1) is 5.41 Å². The van der Waals surface area contributed by atoms with Crippen molar-refractivity contribution in [1.29, 1.82) is 0 Å². The first-order valence-corrected chi connectivity index (χ1v) is 8.39. The molecule has 0 aliphatic heterocycles. The third-order valence-electron chi connectivity index (χ3n) is 3.98. The van der Waals surface area contributed by atoms with E-state index in [1.54, 1.807) is 10.4 Å². The monoisotopic (exact) mass is 280 g/mol. The van der Waals surface area contributed by atoms with Crippen LogP contribution in [-0.4, -0.2) is 0 Å². The predicted octanol–water partition coefficient (Wildman–Crippen LogP) is 4.35. The molecule has 2 nitrogen and oxygen atoms in total. The highest BCUT2D eigenvalue weighted by Gasteiger charge is 2.19. The van der Waals surface area contributed by atoms with Crippen LogP contribution in [0.3, 0.4) is 0 Å². The van der Waals surface area contributed by atoms with Crippen molar-refractivity contribution < 1.29 is 0 Å². The lowest BCUT2D eigenvalue weighted by atomic mass is 9.89. The van der Waals surface area contributed by atoms with Gasteiger partial charge in [0.15, 0.2) is 0 Å². The molecule has 0 radical (unpaired) electrons. The first-order valence-electron chi connectivity index (χ1n) is 7.57. The van der Waals surface area contributed by atoms with Crippen LogP contribution < -0.4 is 11.3 Å². The highest BCUT2D eigenvalue weighted by Crippen LogP contribution is 2.35. The number of rotatable bonds is 5. The predicted molar refractivity (Wildman–Crippen MR) is 84.3 cm³/mol. The SMILES string of the molecule is CC(C)(C)CCCC(NN)c1cc2c(s1)CCCC2. The molecule has 0 amide bonds. The van der Waals surface area contributed by atoms with Gasteiger partial charge in [-0.15, -0.1) is 11.3 Å². The molecular weight excluding hydrogens is 252 g/mol. The first-order chi connectivity index (χ1) is 8.99. The van der Waals surface area contributed by atoms with E-state index in [1.807, 2.05) is 11.3 Å². The van der Waals surface area contributed by atoms with Gasteiger partial charge in [-0.1, -0.05) is 27.2 Å². The molecule has 1 heterocycles. The van der Waals surface area contributed by atoms with Gasteiger partial charge in [0.1, 0.15) is 0 Å². The Morgan fingerprint density at radius 2 is 2.05 bits per heavy atom. The molecule has 0 bridgehead atoms. The van der Waals surface area contributed by atoms with Crippen LogP contribution >= 0.6 is 11.3 Å². The quantitative estimate of drug-likeness (QED) is 0.621. The zero-order valence-electron chi connectivity index (χ0n) is 12.6. The zero-order chi connectivity index (χ0) is 13.9. The average molecular weight is 280 g/mol. The fourth-order valence-corrected chi connectivity index (χ4v) is 4.18. The number of hydrazine groups is 1. The fourth-order valence-electron chi connectivity index (χ4n) is 2.83. The van der Waals surface area contributed by atoms with Crippen molar-refractivity contribution in [3.8, 4) is 0 Å². The lowest BCUT2D eigenvalue weighted by molar-refractivity contribution is 0.345. The van der Waals surface area contributed by atoms with Crippen molar-refractivity contribution >= 4 is 11.3 Å². The summed E-state index contributed by atoms with van der Waals surface area (Å²) in [6.07, 6.45) is 8.90. The molecule has 1 aromatic heterocycles. The largest absolute Gasteiger partial charge is 0.271 e. The summed E-state index contributed by atoms with van der Waals surface area (Å²) in [5.74, 6) is 5.77. The molecule has 0 saturated carbocycles. The van der Waals surface area contributed by atoms with Gasteiger partial charge >= 0.3 is 0 Å². The Kier molecular flexibility index (Phi) is 5.04. The first kappa shape index (κ1) is 15.0. The van der Waals surface area contributed by atoms with E-state index in [0.29, 0.717) is 11.5 Å². The molecule has 0 aromatic carbocycles. The summed E-state index contributed by atoms with van der Waals surface area (Å²) >= 11 is 1.98. The topological polar surface area (TPSA) is 38.0 Å². The van der Waals surface area contributed by atoms with Crippen molar-refractivity contribution in [3.05, 3.63) is 21.4 Å². The Labute approximate surface area is 121 Å². The summed E-state index contributed by atoms with van der Waals surface area (Å²) < 4.78 is 0. The Morgan fingerprint density at radius 3 is 2.68 bits per heavy atom. The number of thiophene rings is 1. The van der Waals surface area contributed by atoms with Gasteiger partial charge in [-0.25, -0.2) is 0 Å². The Hall–Kier alpha value is -0.380. The van der Waals surface area contributed by atoms with Gasteiger partial charge in [0.2, 0.25) is 0 Å². The van der Waals surface area contributed by atoms with Crippen LogP contribution in [0.25, 0.3) is 0 Å². The van der Waals surface area contributed by atoms with E-state index in [9.17, 15) is 0 Å². The van der Waals surface area contributed by atoms with Crippen LogP contribution in [0.15, 0.2) is 6.07 Å². The molecule has 3 N–H and O–H groups in total. The molecular formula is C16H28N2S. The number of aryl methyl sites for hydroxylation is 2. The van der Waals surface area contributed by atoms with Crippen molar-refractivity contribution in [2.45, 2.75) is 71.8 Å². The maximum absolute atomic E-state index is 5.77. The number of nitrogens with one attached hydrogen (secondary N) is 1. The van der Waals surface area contributed by atoms with E-state index in [1.165, 1.54) is 43.4 Å². The number of fused-ring (bicyclic) bond motifs is 1. The second-order valence-corrected chi connectivity index (χ2v) is 8.14. The van der Waals surface area contributed by atoms with E-state index >= 15 is 0 Å². The maximum atomic E-state index is 5.77. The number of hydrogen-bond acceptors (Lipinski definition) is 3. The molecule has 0 fully saturated rings. The van der Waals surface area contributed by atoms with Crippen LogP contribution in [0.4, 0.5) is 0 Å². The second kappa shape index (κ2) is 6.38. The summed E-state index contributed by atoms with van der Waals surface area (Å²) in [5, 5.41) is 0. The molecule has 0 saturated heterocycles. The van der Waals surface area contributed by atoms with Gasteiger partial charge in [-0.3, -0.25) is 11.3 Å². The van der Waals surface area contributed by atoms with E-state index in [2.05, 4.69) is 32.3 Å². The highest BCUT2D eigenvalue weighted by molar-refractivity contribution is 7.12. The average Bonchev–Trinajstić information content (AvgIpc) is 2.76. The van der Waals surface area contributed by atoms with E-state index in [4.69, 9.17) is 5.84 Å². The summed E-state index contributed by atoms with van der Waals surface area (Å²) in [6, 6.07) is 2.75. The Bertz CT molecular complexity index is 380. The molecule has 19 heavy (non-hydrogen) atoms. The third kappa shape index (κ3) is 4.30. The van der Waals surface area contributed by atoms with Gasteiger partial charge < -0.3 is 0 Å². The molecule has 2 rings (SSSR count). The van der Waals surface area contributed by atoms with Crippen molar-refractivity contribution in [3.63, 3.8) is 0 Å².